The van der Waals surface area contributed by atoms with Crippen molar-refractivity contribution in [3.8, 4) is 5.88 Å². The molecular formula is C18H25N5O2. The van der Waals surface area contributed by atoms with Crippen LogP contribution < -0.4 is 4.74 Å². The number of ether oxygens (including phenoxy) is 2. The lowest BCUT2D eigenvalue weighted by atomic mass is 9.79. The van der Waals surface area contributed by atoms with Gasteiger partial charge in [-0.3, -0.25) is 14.6 Å². The van der Waals surface area contributed by atoms with E-state index in [1.54, 1.807) is 18.6 Å². The summed E-state index contributed by atoms with van der Waals surface area (Å²) in [6, 6.07) is 0. The lowest BCUT2D eigenvalue weighted by Crippen LogP contribution is -2.64. The molecule has 0 unspecified atom stereocenters. The minimum absolute atomic E-state index is 0.0533. The van der Waals surface area contributed by atoms with Crippen molar-refractivity contribution in [1.82, 2.24) is 24.6 Å². The molecule has 2 fully saturated rings. The smallest absolute Gasteiger partial charge is 0.232 e. The maximum absolute atomic E-state index is 6.14. The largest absolute Gasteiger partial charge is 0.477 e. The highest BCUT2D eigenvalue weighted by atomic mass is 16.5. The molecule has 0 aromatic carbocycles. The average Bonchev–Trinajstić information content (AvgIpc) is 3.00. The van der Waals surface area contributed by atoms with Gasteiger partial charge >= 0.3 is 0 Å². The summed E-state index contributed by atoms with van der Waals surface area (Å²) in [5.74, 6) is 1.27. The van der Waals surface area contributed by atoms with Crippen LogP contribution in [0.5, 0.6) is 5.88 Å². The molecule has 0 bridgehead atoms. The standard InChI is InChI=1S/C18H25N5O2/c1-22-11-16(9-21-22)12-23-13-18(14-23)8-15(3-7-25-18)2-6-24-17-10-19-4-5-20-17/h4-5,9-11,15H,2-3,6-8,12-14H2,1H3/t15-/m0/s1. The number of aromatic nitrogens is 4. The van der Waals surface area contributed by atoms with E-state index in [2.05, 4.69) is 26.2 Å². The third kappa shape index (κ3) is 3.99. The number of likely N-dealkylation sites (tertiary alicyclic amines) is 1. The van der Waals surface area contributed by atoms with Gasteiger partial charge in [-0.15, -0.1) is 0 Å². The normalized spacial score (nSPS) is 22.7. The molecule has 7 nitrogen and oxygen atoms in total. The molecule has 2 saturated heterocycles. The Balaban J connectivity index is 1.22. The van der Waals surface area contributed by atoms with Crippen molar-refractivity contribution in [3.05, 3.63) is 36.5 Å². The van der Waals surface area contributed by atoms with Crippen LogP contribution in [0.15, 0.2) is 31.0 Å². The van der Waals surface area contributed by atoms with Crippen LogP contribution in [0.1, 0.15) is 24.8 Å². The first-order valence-electron chi connectivity index (χ1n) is 8.93. The van der Waals surface area contributed by atoms with Crippen LogP contribution in [0.2, 0.25) is 0 Å². The first kappa shape index (κ1) is 16.5. The zero-order valence-corrected chi connectivity index (χ0v) is 14.7. The van der Waals surface area contributed by atoms with Crippen molar-refractivity contribution in [2.75, 3.05) is 26.3 Å². The van der Waals surface area contributed by atoms with Gasteiger partial charge in [0.05, 0.1) is 24.6 Å². The molecule has 0 amide bonds. The molecule has 1 spiro atoms. The second-order valence-electron chi connectivity index (χ2n) is 7.24. The molecule has 0 radical (unpaired) electrons. The van der Waals surface area contributed by atoms with Gasteiger partial charge < -0.3 is 9.47 Å². The Morgan fingerprint density at radius 3 is 3.00 bits per heavy atom. The summed E-state index contributed by atoms with van der Waals surface area (Å²) in [5.41, 5.74) is 1.32. The SMILES string of the molecule is Cn1cc(CN2CC3(C[C@@H](CCOc4cnccn4)CCO3)C2)cn1. The van der Waals surface area contributed by atoms with Gasteiger partial charge in [-0.1, -0.05) is 0 Å². The van der Waals surface area contributed by atoms with Crippen LogP contribution in [0.25, 0.3) is 0 Å². The maximum Gasteiger partial charge on any atom is 0.232 e. The first-order valence-corrected chi connectivity index (χ1v) is 8.93. The second-order valence-corrected chi connectivity index (χ2v) is 7.24. The molecule has 2 aromatic rings. The Morgan fingerprint density at radius 1 is 1.32 bits per heavy atom. The summed E-state index contributed by atoms with van der Waals surface area (Å²) in [6.45, 7) is 4.54. The van der Waals surface area contributed by atoms with E-state index in [9.17, 15) is 0 Å². The van der Waals surface area contributed by atoms with E-state index >= 15 is 0 Å². The van der Waals surface area contributed by atoms with Gasteiger partial charge in [0.25, 0.3) is 0 Å². The number of hydrogen-bond acceptors (Lipinski definition) is 6. The highest BCUT2D eigenvalue weighted by molar-refractivity contribution is 5.08. The van der Waals surface area contributed by atoms with Crippen molar-refractivity contribution in [2.24, 2.45) is 13.0 Å². The predicted octanol–water partition coefficient (Wildman–Crippen LogP) is 1.66. The Bertz CT molecular complexity index is 684. The molecule has 4 heterocycles. The highest BCUT2D eigenvalue weighted by Gasteiger charge is 2.47. The van der Waals surface area contributed by atoms with E-state index < -0.39 is 0 Å². The summed E-state index contributed by atoms with van der Waals surface area (Å²) < 4.78 is 13.7. The Labute approximate surface area is 148 Å². The quantitative estimate of drug-likeness (QED) is 0.795. The van der Waals surface area contributed by atoms with Crippen LogP contribution >= 0.6 is 0 Å². The fourth-order valence-corrected chi connectivity index (χ4v) is 3.98. The van der Waals surface area contributed by atoms with Crippen LogP contribution in [0, 0.1) is 5.92 Å². The Kier molecular flexibility index (Phi) is 4.67. The van der Waals surface area contributed by atoms with Crippen molar-refractivity contribution < 1.29 is 9.47 Å². The summed E-state index contributed by atoms with van der Waals surface area (Å²) in [6.07, 6.45) is 12.3. The van der Waals surface area contributed by atoms with Gasteiger partial charge in [-0.05, 0) is 25.2 Å². The molecule has 0 saturated carbocycles. The van der Waals surface area contributed by atoms with E-state index in [4.69, 9.17) is 9.47 Å². The third-order valence-electron chi connectivity index (χ3n) is 5.10. The molecule has 4 rings (SSSR count). The summed E-state index contributed by atoms with van der Waals surface area (Å²) in [5, 5.41) is 4.24. The molecule has 25 heavy (non-hydrogen) atoms. The lowest BCUT2D eigenvalue weighted by Gasteiger charge is -2.53. The summed E-state index contributed by atoms with van der Waals surface area (Å²) >= 11 is 0. The number of hydrogen-bond donors (Lipinski definition) is 0. The number of aryl methyl sites for hydroxylation is 1. The van der Waals surface area contributed by atoms with Gasteiger partial charge in [0.15, 0.2) is 0 Å². The number of rotatable bonds is 6. The fraction of sp³-hybridized carbons (Fsp3) is 0.611. The third-order valence-corrected chi connectivity index (χ3v) is 5.10. The van der Waals surface area contributed by atoms with Gasteiger partial charge in [-0.25, -0.2) is 4.98 Å². The van der Waals surface area contributed by atoms with Gasteiger partial charge in [-0.2, -0.15) is 5.10 Å². The molecule has 1 atom stereocenters. The van der Waals surface area contributed by atoms with Gasteiger partial charge in [0.2, 0.25) is 5.88 Å². The summed E-state index contributed by atoms with van der Waals surface area (Å²) in [7, 11) is 1.96. The maximum atomic E-state index is 6.14. The molecule has 2 aromatic heterocycles. The zero-order chi connectivity index (χ0) is 17.1. The highest BCUT2D eigenvalue weighted by Crippen LogP contribution is 2.38. The average molecular weight is 343 g/mol. The lowest BCUT2D eigenvalue weighted by molar-refractivity contribution is -0.182. The van der Waals surface area contributed by atoms with Crippen molar-refractivity contribution in [2.45, 2.75) is 31.4 Å². The molecule has 134 valence electrons. The van der Waals surface area contributed by atoms with Crippen molar-refractivity contribution >= 4 is 0 Å². The summed E-state index contributed by atoms with van der Waals surface area (Å²) in [4.78, 5) is 10.6. The van der Waals surface area contributed by atoms with E-state index in [1.807, 2.05) is 17.9 Å². The monoisotopic (exact) mass is 343 g/mol. The van der Waals surface area contributed by atoms with E-state index in [0.29, 0.717) is 18.4 Å². The molecule has 0 aliphatic carbocycles. The van der Waals surface area contributed by atoms with E-state index in [0.717, 1.165) is 45.5 Å². The van der Waals surface area contributed by atoms with Crippen molar-refractivity contribution in [3.63, 3.8) is 0 Å². The van der Waals surface area contributed by atoms with Gasteiger partial charge in [0, 0.05) is 57.4 Å². The molecular weight excluding hydrogens is 318 g/mol. The molecule has 7 heteroatoms. The Hall–Kier alpha value is -1.99. The van der Waals surface area contributed by atoms with Crippen LogP contribution in [0.3, 0.4) is 0 Å². The minimum Gasteiger partial charge on any atom is -0.477 e. The van der Waals surface area contributed by atoms with Gasteiger partial charge in [0.1, 0.15) is 0 Å². The van der Waals surface area contributed by atoms with Crippen LogP contribution in [0.4, 0.5) is 0 Å². The van der Waals surface area contributed by atoms with Crippen molar-refractivity contribution in [1.29, 1.82) is 0 Å². The molecule has 2 aliphatic heterocycles. The predicted molar refractivity (Wildman–Crippen MR) is 92.0 cm³/mol. The minimum atomic E-state index is 0.0533. The van der Waals surface area contributed by atoms with Crippen LogP contribution in [-0.2, 0) is 18.3 Å². The van der Waals surface area contributed by atoms with E-state index in [1.165, 1.54) is 5.56 Å². The van der Waals surface area contributed by atoms with E-state index in [-0.39, 0.29) is 5.60 Å². The molecule has 0 N–H and O–H groups in total. The first-order chi connectivity index (χ1) is 12.2. The number of nitrogens with zero attached hydrogens (tertiary/aromatic N) is 5. The molecule has 2 aliphatic rings. The topological polar surface area (TPSA) is 65.3 Å². The fourth-order valence-electron chi connectivity index (χ4n) is 3.98. The Morgan fingerprint density at radius 2 is 2.24 bits per heavy atom. The van der Waals surface area contributed by atoms with Crippen LogP contribution in [-0.4, -0.2) is 56.6 Å². The second kappa shape index (κ2) is 7.09. The zero-order valence-electron chi connectivity index (χ0n) is 14.7.